The molecule has 0 aliphatic carbocycles. The molecule has 1 aromatic heterocycles. The summed E-state index contributed by atoms with van der Waals surface area (Å²) in [6, 6.07) is 4.22. The molecule has 1 aliphatic rings. The Morgan fingerprint density at radius 2 is 2.19 bits per heavy atom. The Kier molecular flexibility index (Phi) is 6.42. The fourth-order valence-corrected chi connectivity index (χ4v) is 2.73. The van der Waals surface area contributed by atoms with Crippen LogP contribution in [0.1, 0.15) is 25.3 Å². The lowest BCUT2D eigenvalue weighted by molar-refractivity contribution is 0.110. The smallest absolute Gasteiger partial charge is 0.128 e. The van der Waals surface area contributed by atoms with Crippen LogP contribution in [-0.4, -0.2) is 49.5 Å². The molecule has 1 atom stereocenters. The van der Waals surface area contributed by atoms with Crippen molar-refractivity contribution in [1.82, 2.24) is 10.3 Å². The summed E-state index contributed by atoms with van der Waals surface area (Å²) in [6.07, 6.45) is 3.83. The van der Waals surface area contributed by atoms with Gasteiger partial charge in [0.05, 0.1) is 12.7 Å². The molecule has 2 N–H and O–H groups in total. The lowest BCUT2D eigenvalue weighted by Crippen LogP contribution is -2.37. The minimum absolute atomic E-state index is 0.194. The van der Waals surface area contributed by atoms with Gasteiger partial charge in [-0.2, -0.15) is 0 Å². The third-order valence-electron chi connectivity index (χ3n) is 4.17. The molecule has 1 aliphatic heterocycles. The number of nitrogens with zero attached hydrogens (tertiary/aromatic N) is 2. The van der Waals surface area contributed by atoms with Crippen molar-refractivity contribution in [2.24, 2.45) is 5.92 Å². The van der Waals surface area contributed by atoms with Crippen LogP contribution in [0.15, 0.2) is 18.3 Å². The zero-order chi connectivity index (χ0) is 15.1. The number of piperidine rings is 1. The maximum Gasteiger partial charge on any atom is 0.128 e. The van der Waals surface area contributed by atoms with Crippen LogP contribution in [0.5, 0.6) is 0 Å². The van der Waals surface area contributed by atoms with Crippen LogP contribution in [0.3, 0.4) is 0 Å². The molecule has 1 unspecified atom stereocenters. The first-order chi connectivity index (χ1) is 10.2. The molecule has 1 fully saturated rings. The lowest BCUT2D eigenvalue weighted by atomic mass is 9.92. The highest BCUT2D eigenvalue weighted by atomic mass is 16.5. The number of aliphatic hydroxyl groups is 1. The predicted molar refractivity (Wildman–Crippen MR) is 84.4 cm³/mol. The molecule has 21 heavy (non-hydrogen) atoms. The SMILES string of the molecule is COCCNCc1ccc(N2CCC(C(C)O)CC2)nc1. The van der Waals surface area contributed by atoms with Gasteiger partial charge in [-0.25, -0.2) is 4.98 Å². The van der Waals surface area contributed by atoms with Gasteiger partial charge in [0.1, 0.15) is 5.82 Å². The molecule has 0 amide bonds. The second kappa shape index (κ2) is 8.32. The van der Waals surface area contributed by atoms with Crippen molar-refractivity contribution in [3.8, 4) is 0 Å². The highest BCUT2D eigenvalue weighted by Gasteiger charge is 2.23. The molecule has 5 heteroatoms. The molecule has 0 saturated carbocycles. The third kappa shape index (κ3) is 4.95. The molecule has 0 radical (unpaired) electrons. The highest BCUT2D eigenvalue weighted by Crippen LogP contribution is 2.24. The average molecular weight is 293 g/mol. The fourth-order valence-electron chi connectivity index (χ4n) is 2.73. The van der Waals surface area contributed by atoms with E-state index in [2.05, 4.69) is 27.3 Å². The van der Waals surface area contributed by atoms with Gasteiger partial charge in [0, 0.05) is 39.5 Å². The molecule has 2 heterocycles. The van der Waals surface area contributed by atoms with Gasteiger partial charge >= 0.3 is 0 Å². The summed E-state index contributed by atoms with van der Waals surface area (Å²) in [6.45, 7) is 6.25. The molecular weight excluding hydrogens is 266 g/mol. The summed E-state index contributed by atoms with van der Waals surface area (Å²) in [5.74, 6) is 1.48. The molecule has 1 saturated heterocycles. The zero-order valence-electron chi connectivity index (χ0n) is 13.1. The van der Waals surface area contributed by atoms with Crippen molar-refractivity contribution in [1.29, 1.82) is 0 Å². The highest BCUT2D eigenvalue weighted by molar-refractivity contribution is 5.39. The van der Waals surface area contributed by atoms with E-state index in [1.165, 1.54) is 5.56 Å². The van der Waals surface area contributed by atoms with E-state index in [0.717, 1.165) is 51.4 Å². The number of ether oxygens (including phenoxy) is 1. The molecule has 0 spiro atoms. The Morgan fingerprint density at radius 3 is 2.76 bits per heavy atom. The third-order valence-corrected chi connectivity index (χ3v) is 4.17. The summed E-state index contributed by atoms with van der Waals surface area (Å²) >= 11 is 0. The van der Waals surface area contributed by atoms with Crippen molar-refractivity contribution in [3.63, 3.8) is 0 Å². The number of anilines is 1. The average Bonchev–Trinajstić information content (AvgIpc) is 2.52. The van der Waals surface area contributed by atoms with Crippen LogP contribution in [0.2, 0.25) is 0 Å². The van der Waals surface area contributed by atoms with Gasteiger partial charge in [-0.1, -0.05) is 6.07 Å². The first-order valence-corrected chi connectivity index (χ1v) is 7.78. The van der Waals surface area contributed by atoms with Gasteiger partial charge in [0.25, 0.3) is 0 Å². The second-order valence-corrected chi connectivity index (χ2v) is 5.76. The largest absolute Gasteiger partial charge is 0.393 e. The van der Waals surface area contributed by atoms with E-state index in [1.807, 2.05) is 13.1 Å². The number of hydrogen-bond acceptors (Lipinski definition) is 5. The van der Waals surface area contributed by atoms with Crippen molar-refractivity contribution in [2.45, 2.75) is 32.4 Å². The van der Waals surface area contributed by atoms with E-state index in [9.17, 15) is 5.11 Å². The number of hydrogen-bond donors (Lipinski definition) is 2. The first kappa shape index (κ1) is 16.2. The Hall–Kier alpha value is -1.17. The number of nitrogens with one attached hydrogen (secondary N) is 1. The number of pyridine rings is 1. The van der Waals surface area contributed by atoms with E-state index in [-0.39, 0.29) is 6.10 Å². The van der Waals surface area contributed by atoms with Crippen LogP contribution in [0.25, 0.3) is 0 Å². The van der Waals surface area contributed by atoms with Gasteiger partial charge in [-0.15, -0.1) is 0 Å². The van der Waals surface area contributed by atoms with E-state index in [0.29, 0.717) is 5.92 Å². The molecule has 118 valence electrons. The van der Waals surface area contributed by atoms with Crippen molar-refractivity contribution in [3.05, 3.63) is 23.9 Å². The van der Waals surface area contributed by atoms with Crippen LogP contribution in [-0.2, 0) is 11.3 Å². The van der Waals surface area contributed by atoms with Gasteiger partial charge in [0.15, 0.2) is 0 Å². The molecule has 1 aromatic rings. The molecule has 2 rings (SSSR count). The maximum atomic E-state index is 9.64. The van der Waals surface area contributed by atoms with Gasteiger partial charge in [-0.3, -0.25) is 0 Å². The van der Waals surface area contributed by atoms with E-state index in [1.54, 1.807) is 7.11 Å². The van der Waals surface area contributed by atoms with Crippen LogP contribution >= 0.6 is 0 Å². The van der Waals surface area contributed by atoms with E-state index in [4.69, 9.17) is 4.74 Å². The minimum atomic E-state index is -0.194. The Morgan fingerprint density at radius 1 is 1.43 bits per heavy atom. The van der Waals surface area contributed by atoms with Crippen LogP contribution in [0.4, 0.5) is 5.82 Å². The quantitative estimate of drug-likeness (QED) is 0.745. The molecule has 0 aromatic carbocycles. The predicted octanol–water partition coefficient (Wildman–Crippen LogP) is 1.41. The summed E-state index contributed by atoms with van der Waals surface area (Å²) < 4.78 is 5.00. The monoisotopic (exact) mass is 293 g/mol. The molecule has 5 nitrogen and oxygen atoms in total. The summed E-state index contributed by atoms with van der Waals surface area (Å²) in [5, 5.41) is 13.0. The Labute approximate surface area is 127 Å². The summed E-state index contributed by atoms with van der Waals surface area (Å²) in [5.41, 5.74) is 1.19. The van der Waals surface area contributed by atoms with Gasteiger partial charge in [-0.05, 0) is 37.3 Å². The van der Waals surface area contributed by atoms with Crippen molar-refractivity contribution >= 4 is 5.82 Å². The topological polar surface area (TPSA) is 57.6 Å². The van der Waals surface area contributed by atoms with Crippen LogP contribution in [0, 0.1) is 5.92 Å². The normalized spacial score (nSPS) is 18.0. The van der Waals surface area contributed by atoms with Gasteiger partial charge in [0.2, 0.25) is 0 Å². The Balaban J connectivity index is 1.80. The molecular formula is C16H27N3O2. The summed E-state index contributed by atoms with van der Waals surface area (Å²) in [7, 11) is 1.71. The summed E-state index contributed by atoms with van der Waals surface area (Å²) in [4.78, 5) is 6.87. The number of rotatable bonds is 7. The minimum Gasteiger partial charge on any atom is -0.393 e. The fraction of sp³-hybridized carbons (Fsp3) is 0.688. The molecule has 0 bridgehead atoms. The van der Waals surface area contributed by atoms with Crippen LogP contribution < -0.4 is 10.2 Å². The number of aromatic nitrogens is 1. The first-order valence-electron chi connectivity index (χ1n) is 7.78. The Bertz CT molecular complexity index is 400. The van der Waals surface area contributed by atoms with Gasteiger partial charge < -0.3 is 20.1 Å². The number of aliphatic hydroxyl groups excluding tert-OH is 1. The lowest BCUT2D eigenvalue weighted by Gasteiger charge is -2.34. The number of methoxy groups -OCH3 is 1. The maximum absolute atomic E-state index is 9.64. The van der Waals surface area contributed by atoms with Crippen molar-refractivity contribution < 1.29 is 9.84 Å². The van der Waals surface area contributed by atoms with E-state index < -0.39 is 0 Å². The second-order valence-electron chi connectivity index (χ2n) is 5.76. The standard InChI is InChI=1S/C16H27N3O2/c1-13(20)15-5-8-19(9-6-15)16-4-3-14(12-18-16)11-17-7-10-21-2/h3-4,12-13,15,17,20H,5-11H2,1-2H3. The van der Waals surface area contributed by atoms with Crippen molar-refractivity contribution in [2.75, 3.05) is 38.3 Å². The van der Waals surface area contributed by atoms with E-state index >= 15 is 0 Å². The zero-order valence-corrected chi connectivity index (χ0v) is 13.1.